The van der Waals surface area contributed by atoms with Crippen LogP contribution in [0.3, 0.4) is 0 Å². The van der Waals surface area contributed by atoms with Crippen molar-refractivity contribution in [2.75, 3.05) is 5.32 Å². The molecule has 2 heterocycles. The summed E-state index contributed by atoms with van der Waals surface area (Å²) < 4.78 is 0.901. The van der Waals surface area contributed by atoms with Crippen molar-refractivity contribution in [2.45, 2.75) is 6.92 Å². The molecule has 96 valence electrons. The lowest BCUT2D eigenvalue weighted by Crippen LogP contribution is -1.91. The Balaban J connectivity index is 1.92. The van der Waals surface area contributed by atoms with Crippen LogP contribution in [0.2, 0.25) is 0 Å². The van der Waals surface area contributed by atoms with Gasteiger partial charge in [-0.3, -0.25) is 0 Å². The van der Waals surface area contributed by atoms with Crippen LogP contribution in [0.1, 0.15) is 15.2 Å². The minimum Gasteiger partial charge on any atom is -0.477 e. The summed E-state index contributed by atoms with van der Waals surface area (Å²) in [6, 6.07) is 9.64. The number of aryl methyl sites for hydroxylation is 1. The zero-order valence-electron chi connectivity index (χ0n) is 10.0. The highest BCUT2D eigenvalue weighted by atomic mass is 32.1. The monoisotopic (exact) mass is 290 g/mol. The number of carboxylic acid groups (broad SMARTS) is 1. The fourth-order valence-electron chi connectivity index (χ4n) is 1.72. The average Bonchev–Trinajstić information content (AvgIpc) is 2.90. The maximum atomic E-state index is 10.9. The second kappa shape index (κ2) is 4.64. The molecule has 3 aromatic rings. The van der Waals surface area contributed by atoms with Crippen molar-refractivity contribution in [1.29, 1.82) is 0 Å². The number of thiazole rings is 1. The molecular formula is C13H10N2O2S2. The van der Waals surface area contributed by atoms with Crippen LogP contribution in [-0.2, 0) is 0 Å². The highest BCUT2D eigenvalue weighted by molar-refractivity contribution is 7.29. The van der Waals surface area contributed by atoms with Gasteiger partial charge < -0.3 is 10.4 Å². The summed E-state index contributed by atoms with van der Waals surface area (Å²) in [5, 5.41) is 13.0. The molecule has 0 aliphatic carbocycles. The number of fused-ring (bicyclic) bond motifs is 1. The third-order valence-electron chi connectivity index (χ3n) is 2.69. The number of para-hydroxylation sites is 1. The number of aromatic carboxylic acids is 1. The number of carbonyl (C=O) groups is 1. The molecule has 2 N–H and O–H groups in total. The molecule has 19 heavy (non-hydrogen) atoms. The maximum Gasteiger partial charge on any atom is 0.345 e. The highest BCUT2D eigenvalue weighted by Gasteiger charge is 2.13. The molecule has 0 saturated carbocycles. The van der Waals surface area contributed by atoms with Crippen LogP contribution in [-0.4, -0.2) is 16.1 Å². The van der Waals surface area contributed by atoms with Gasteiger partial charge in [-0.15, -0.1) is 11.3 Å². The molecular weight excluding hydrogens is 280 g/mol. The van der Waals surface area contributed by atoms with Crippen molar-refractivity contribution in [1.82, 2.24) is 4.98 Å². The fraction of sp³-hybridized carbons (Fsp3) is 0.0769. The summed E-state index contributed by atoms with van der Waals surface area (Å²) in [6.07, 6.45) is 0. The molecule has 0 amide bonds. The van der Waals surface area contributed by atoms with E-state index in [-0.39, 0.29) is 0 Å². The summed E-state index contributed by atoms with van der Waals surface area (Å²) in [7, 11) is 0. The zero-order chi connectivity index (χ0) is 13.4. The first-order valence-electron chi connectivity index (χ1n) is 5.60. The van der Waals surface area contributed by atoms with Gasteiger partial charge in [-0.2, -0.15) is 0 Å². The summed E-state index contributed by atoms with van der Waals surface area (Å²) in [5.74, 6) is -0.899. The van der Waals surface area contributed by atoms with Crippen LogP contribution >= 0.6 is 22.7 Å². The van der Waals surface area contributed by atoms with Crippen LogP contribution in [0.25, 0.3) is 9.53 Å². The van der Waals surface area contributed by atoms with Gasteiger partial charge in [0.25, 0.3) is 0 Å². The average molecular weight is 290 g/mol. The number of hydrogen-bond acceptors (Lipinski definition) is 5. The second-order valence-electron chi connectivity index (χ2n) is 4.04. The molecule has 0 aliphatic rings. The topological polar surface area (TPSA) is 62.2 Å². The first kappa shape index (κ1) is 12.1. The Morgan fingerprint density at radius 1 is 1.32 bits per heavy atom. The van der Waals surface area contributed by atoms with Crippen LogP contribution in [0.4, 0.5) is 10.8 Å². The predicted octanol–water partition coefficient (Wildman–Crippen LogP) is 4.11. The Morgan fingerprint density at radius 3 is 2.79 bits per heavy atom. The van der Waals surface area contributed by atoms with E-state index in [1.165, 1.54) is 22.7 Å². The molecule has 3 rings (SSSR count). The van der Waals surface area contributed by atoms with Crippen LogP contribution in [0, 0.1) is 6.92 Å². The lowest BCUT2D eigenvalue weighted by Gasteiger charge is -2.05. The number of anilines is 2. The van der Waals surface area contributed by atoms with Gasteiger partial charge in [0.05, 0.1) is 4.70 Å². The van der Waals surface area contributed by atoms with Gasteiger partial charge in [0, 0.05) is 5.69 Å². The van der Waals surface area contributed by atoms with Crippen LogP contribution < -0.4 is 5.32 Å². The van der Waals surface area contributed by atoms with Gasteiger partial charge in [0.15, 0.2) is 5.13 Å². The number of benzene rings is 1. The van der Waals surface area contributed by atoms with E-state index in [2.05, 4.69) is 10.3 Å². The highest BCUT2D eigenvalue weighted by Crippen LogP contribution is 2.34. The van der Waals surface area contributed by atoms with Gasteiger partial charge in [-0.25, -0.2) is 9.78 Å². The van der Waals surface area contributed by atoms with E-state index in [9.17, 15) is 4.79 Å². The molecule has 0 fully saturated rings. The molecule has 1 aromatic carbocycles. The molecule has 0 unspecified atom stereocenters. The molecule has 0 spiro atoms. The van der Waals surface area contributed by atoms with Gasteiger partial charge in [0.2, 0.25) is 0 Å². The molecule has 0 saturated heterocycles. The summed E-state index contributed by atoms with van der Waals surface area (Å²) in [6.45, 7) is 2.03. The molecule has 0 radical (unpaired) electrons. The second-order valence-corrected chi connectivity index (χ2v) is 6.11. The van der Waals surface area contributed by atoms with Crippen molar-refractivity contribution < 1.29 is 9.90 Å². The summed E-state index contributed by atoms with van der Waals surface area (Å²) in [5.41, 5.74) is 2.16. The minimum atomic E-state index is -0.899. The van der Waals surface area contributed by atoms with Crippen molar-refractivity contribution in [3.8, 4) is 0 Å². The van der Waals surface area contributed by atoms with E-state index < -0.39 is 5.97 Å². The SMILES string of the molecule is Cc1ccccc1Nc1nc2sc(C(=O)O)cc2s1. The molecule has 0 bridgehead atoms. The van der Waals surface area contributed by atoms with Crippen LogP contribution in [0.5, 0.6) is 0 Å². The van der Waals surface area contributed by atoms with Gasteiger partial charge >= 0.3 is 5.97 Å². The summed E-state index contributed by atoms with van der Waals surface area (Å²) in [4.78, 5) is 16.4. The largest absolute Gasteiger partial charge is 0.477 e. The van der Waals surface area contributed by atoms with E-state index >= 15 is 0 Å². The molecule has 0 atom stereocenters. The van der Waals surface area contributed by atoms with E-state index in [0.717, 1.165) is 25.9 Å². The smallest absolute Gasteiger partial charge is 0.345 e. The van der Waals surface area contributed by atoms with Crippen molar-refractivity contribution >= 4 is 49.0 Å². The molecule has 6 heteroatoms. The lowest BCUT2D eigenvalue weighted by atomic mass is 10.2. The Labute approximate surface area is 117 Å². The van der Waals surface area contributed by atoms with Gasteiger partial charge in [-0.1, -0.05) is 29.5 Å². The van der Waals surface area contributed by atoms with Crippen molar-refractivity contribution in [3.05, 3.63) is 40.8 Å². The number of hydrogen-bond donors (Lipinski definition) is 2. The number of rotatable bonds is 3. The molecule has 0 aliphatic heterocycles. The van der Waals surface area contributed by atoms with E-state index in [1.54, 1.807) is 6.07 Å². The van der Waals surface area contributed by atoms with Crippen molar-refractivity contribution in [3.63, 3.8) is 0 Å². The Morgan fingerprint density at radius 2 is 2.11 bits per heavy atom. The van der Waals surface area contributed by atoms with E-state index in [4.69, 9.17) is 5.11 Å². The first-order chi connectivity index (χ1) is 9.13. The van der Waals surface area contributed by atoms with Gasteiger partial charge in [-0.05, 0) is 24.6 Å². The fourth-order valence-corrected chi connectivity index (χ4v) is 3.69. The third kappa shape index (κ3) is 2.32. The number of carboxylic acids is 1. The number of nitrogens with zero attached hydrogens (tertiary/aromatic N) is 1. The van der Waals surface area contributed by atoms with Gasteiger partial charge in [0.1, 0.15) is 9.71 Å². The van der Waals surface area contributed by atoms with Crippen molar-refractivity contribution in [2.24, 2.45) is 0 Å². The van der Waals surface area contributed by atoms with E-state index in [0.29, 0.717) is 4.88 Å². The number of nitrogens with one attached hydrogen (secondary N) is 1. The first-order valence-corrected chi connectivity index (χ1v) is 7.23. The quantitative estimate of drug-likeness (QED) is 0.762. The Kier molecular flexibility index (Phi) is 2.96. The van der Waals surface area contributed by atoms with Crippen LogP contribution in [0.15, 0.2) is 30.3 Å². The molecule has 4 nitrogen and oxygen atoms in total. The van der Waals surface area contributed by atoms with E-state index in [1.807, 2.05) is 31.2 Å². The lowest BCUT2D eigenvalue weighted by molar-refractivity contribution is 0.0702. The predicted molar refractivity (Wildman–Crippen MR) is 78.9 cm³/mol. The zero-order valence-corrected chi connectivity index (χ0v) is 11.6. The Hall–Kier alpha value is -1.92. The normalized spacial score (nSPS) is 10.8. The summed E-state index contributed by atoms with van der Waals surface area (Å²) >= 11 is 2.66. The standard InChI is InChI=1S/C13H10N2O2S2/c1-7-4-2-3-5-8(7)14-13-15-11-9(19-13)6-10(18-11)12(16)17/h2-6H,1H3,(H,14,15)(H,16,17). The Bertz CT molecular complexity index is 729. The minimum absolute atomic E-state index is 0.330. The maximum absolute atomic E-state index is 10.9. The number of aromatic nitrogens is 1. The third-order valence-corrected chi connectivity index (χ3v) is 4.75. The molecule has 2 aromatic heterocycles. The number of thiophene rings is 1.